The largest absolute Gasteiger partial charge is 0.454 e. The highest BCUT2D eigenvalue weighted by molar-refractivity contribution is 5.91. The van der Waals surface area contributed by atoms with Crippen molar-refractivity contribution in [1.82, 2.24) is 25.0 Å². The van der Waals surface area contributed by atoms with E-state index in [1.807, 2.05) is 25.2 Å². The van der Waals surface area contributed by atoms with Crippen LogP contribution in [0.1, 0.15) is 35.8 Å². The predicted molar refractivity (Wildman–Crippen MR) is 126 cm³/mol. The summed E-state index contributed by atoms with van der Waals surface area (Å²) in [5, 5.41) is 13.2. The fraction of sp³-hybridized carbons (Fsp3) is 0.583. The third-order valence-electron chi connectivity index (χ3n) is 6.35. The number of benzene rings is 1. The van der Waals surface area contributed by atoms with E-state index >= 15 is 0 Å². The minimum absolute atomic E-state index is 0.222. The van der Waals surface area contributed by atoms with Crippen molar-refractivity contribution in [2.24, 2.45) is 0 Å². The lowest BCUT2D eigenvalue weighted by Gasteiger charge is -2.35. The quantitative estimate of drug-likeness (QED) is 0.526. The minimum Gasteiger partial charge on any atom is -0.454 e. The molecule has 10 nitrogen and oxygen atoms in total. The number of hydrogen-bond donors (Lipinski definition) is 2. The second-order valence-corrected chi connectivity index (χ2v) is 9.26. The number of hydrogen-bond acceptors (Lipinski definition) is 9. The van der Waals surface area contributed by atoms with Gasteiger partial charge in [-0.25, -0.2) is 4.98 Å². The number of amides is 1. The number of oxazole rings is 1. The highest BCUT2D eigenvalue weighted by atomic mass is 16.7. The first-order valence-corrected chi connectivity index (χ1v) is 11.8. The van der Waals surface area contributed by atoms with E-state index in [2.05, 4.69) is 38.8 Å². The van der Waals surface area contributed by atoms with Crippen LogP contribution in [-0.4, -0.2) is 96.0 Å². The predicted octanol–water partition coefficient (Wildman–Crippen LogP) is 1.15. The molecule has 2 aromatic rings. The molecule has 1 aromatic heterocycles. The van der Waals surface area contributed by atoms with E-state index in [1.165, 1.54) is 6.26 Å². The van der Waals surface area contributed by atoms with Crippen LogP contribution in [0.4, 0.5) is 0 Å². The molecular weight excluding hydrogens is 438 g/mol. The topological polar surface area (TPSA) is 104 Å². The van der Waals surface area contributed by atoms with E-state index in [-0.39, 0.29) is 24.5 Å². The number of likely N-dealkylation sites (N-methyl/N-ethyl adjacent to an activating group) is 1. The number of aliphatic hydroxyl groups is 1. The van der Waals surface area contributed by atoms with Gasteiger partial charge in [-0.1, -0.05) is 6.07 Å². The SMILES string of the molecule is CC(C)N(C)CC(O)CN1CCN(Cc2nc(C(=O)NCc3ccc4c(c3)OCO4)co2)CC1. The number of nitrogens with one attached hydrogen (secondary N) is 1. The number of aliphatic hydroxyl groups excluding tert-OH is 1. The van der Waals surface area contributed by atoms with Crippen molar-refractivity contribution >= 4 is 5.91 Å². The van der Waals surface area contributed by atoms with Gasteiger partial charge in [-0.15, -0.1) is 0 Å². The highest BCUT2D eigenvalue weighted by Gasteiger charge is 2.22. The van der Waals surface area contributed by atoms with Crippen molar-refractivity contribution in [2.45, 2.75) is 39.1 Å². The summed E-state index contributed by atoms with van der Waals surface area (Å²) in [5.41, 5.74) is 1.19. The van der Waals surface area contributed by atoms with Gasteiger partial charge >= 0.3 is 0 Å². The Bertz CT molecular complexity index is 957. The summed E-state index contributed by atoms with van der Waals surface area (Å²) in [4.78, 5) is 23.6. The molecule has 0 spiro atoms. The van der Waals surface area contributed by atoms with Crippen LogP contribution < -0.4 is 14.8 Å². The van der Waals surface area contributed by atoms with Crippen molar-refractivity contribution < 1.29 is 23.8 Å². The molecule has 1 unspecified atom stereocenters. The van der Waals surface area contributed by atoms with Crippen LogP contribution in [0.2, 0.25) is 0 Å². The first-order valence-electron chi connectivity index (χ1n) is 11.8. The smallest absolute Gasteiger partial charge is 0.273 e. The van der Waals surface area contributed by atoms with Crippen molar-refractivity contribution in [3.05, 3.63) is 41.6 Å². The Balaban J connectivity index is 1.19. The number of carbonyl (C=O) groups excluding carboxylic acids is 1. The molecule has 0 bridgehead atoms. The zero-order valence-corrected chi connectivity index (χ0v) is 20.2. The number of β-amino-alcohol motifs (C(OH)–C–C–N with tert-alkyl or cyclic N) is 1. The van der Waals surface area contributed by atoms with Crippen LogP contribution in [0.15, 0.2) is 28.9 Å². The molecule has 186 valence electrons. The maximum absolute atomic E-state index is 12.5. The van der Waals surface area contributed by atoms with Crippen LogP contribution in [0.25, 0.3) is 0 Å². The van der Waals surface area contributed by atoms with Crippen LogP contribution in [0.5, 0.6) is 11.5 Å². The van der Waals surface area contributed by atoms with Gasteiger partial charge in [0.05, 0.1) is 12.6 Å². The molecule has 4 rings (SSSR count). The minimum atomic E-state index is -0.357. The van der Waals surface area contributed by atoms with E-state index < -0.39 is 0 Å². The summed E-state index contributed by atoms with van der Waals surface area (Å²) < 4.78 is 16.2. The average Bonchev–Trinajstić information content (AvgIpc) is 3.48. The molecule has 1 fully saturated rings. The molecule has 1 atom stereocenters. The van der Waals surface area contributed by atoms with Crippen LogP contribution in [0, 0.1) is 0 Å². The molecule has 3 heterocycles. The fourth-order valence-electron chi connectivity index (χ4n) is 4.03. The van der Waals surface area contributed by atoms with E-state index in [4.69, 9.17) is 13.9 Å². The van der Waals surface area contributed by atoms with Crippen molar-refractivity contribution in [3.8, 4) is 11.5 Å². The number of ether oxygens (including phenoxy) is 2. The van der Waals surface area contributed by atoms with Crippen LogP contribution >= 0.6 is 0 Å². The zero-order valence-electron chi connectivity index (χ0n) is 20.2. The third-order valence-corrected chi connectivity index (χ3v) is 6.35. The van der Waals surface area contributed by atoms with Gasteiger partial charge in [0.25, 0.3) is 5.91 Å². The van der Waals surface area contributed by atoms with Crippen LogP contribution in [0.3, 0.4) is 0 Å². The van der Waals surface area contributed by atoms with Crippen molar-refractivity contribution in [2.75, 3.05) is 53.1 Å². The number of carbonyl (C=O) groups is 1. The molecule has 0 radical (unpaired) electrons. The Morgan fingerprint density at radius 1 is 1.18 bits per heavy atom. The lowest BCUT2D eigenvalue weighted by Crippen LogP contribution is -2.49. The zero-order chi connectivity index (χ0) is 24.1. The maximum Gasteiger partial charge on any atom is 0.273 e. The standard InChI is InChI=1S/C24H35N5O5/c1-17(2)27(3)12-19(30)13-28-6-8-29(9-7-28)14-23-26-20(15-32-23)24(31)25-11-18-4-5-21-22(10-18)34-16-33-21/h4-5,10,15,17,19,30H,6-9,11-14,16H2,1-3H3,(H,25,31). The third kappa shape index (κ3) is 6.47. The molecule has 2 aliphatic rings. The molecule has 1 amide bonds. The van der Waals surface area contributed by atoms with Gasteiger partial charge in [0, 0.05) is 51.9 Å². The number of piperazine rings is 1. The summed E-state index contributed by atoms with van der Waals surface area (Å²) in [7, 11) is 2.04. The monoisotopic (exact) mass is 473 g/mol. The summed E-state index contributed by atoms with van der Waals surface area (Å²) in [6.07, 6.45) is 1.05. The molecule has 10 heteroatoms. The van der Waals surface area contributed by atoms with Crippen molar-refractivity contribution in [1.29, 1.82) is 0 Å². The lowest BCUT2D eigenvalue weighted by molar-refractivity contribution is 0.0469. The summed E-state index contributed by atoms with van der Waals surface area (Å²) >= 11 is 0. The number of aromatic nitrogens is 1. The molecule has 2 N–H and O–H groups in total. The highest BCUT2D eigenvalue weighted by Crippen LogP contribution is 2.32. The molecule has 2 aliphatic heterocycles. The Morgan fingerprint density at radius 2 is 1.91 bits per heavy atom. The fourth-order valence-corrected chi connectivity index (χ4v) is 4.03. The second kappa shape index (κ2) is 11.2. The summed E-state index contributed by atoms with van der Waals surface area (Å²) in [5.74, 6) is 1.65. The van der Waals surface area contributed by atoms with Gasteiger partial charge in [0.15, 0.2) is 17.2 Å². The van der Waals surface area contributed by atoms with Gasteiger partial charge in [0.2, 0.25) is 12.7 Å². The van der Waals surface area contributed by atoms with Gasteiger partial charge in [-0.3, -0.25) is 14.6 Å². The number of fused-ring (bicyclic) bond motifs is 1. The molecule has 1 aromatic carbocycles. The van der Waals surface area contributed by atoms with E-state index in [9.17, 15) is 9.90 Å². The molecule has 1 saturated heterocycles. The molecule has 0 aliphatic carbocycles. The van der Waals surface area contributed by atoms with Gasteiger partial charge in [-0.05, 0) is 38.6 Å². The Hall–Kier alpha value is -2.66. The number of rotatable bonds is 10. The lowest BCUT2D eigenvalue weighted by atomic mass is 10.2. The van der Waals surface area contributed by atoms with E-state index in [1.54, 1.807) is 0 Å². The molecular formula is C24H35N5O5. The Morgan fingerprint density at radius 3 is 2.68 bits per heavy atom. The molecule has 0 saturated carbocycles. The molecule has 34 heavy (non-hydrogen) atoms. The Kier molecular flexibility index (Phi) is 8.04. The van der Waals surface area contributed by atoms with Gasteiger partial charge < -0.3 is 29.2 Å². The Labute approximate surface area is 200 Å². The normalized spacial score (nSPS) is 17.5. The maximum atomic E-state index is 12.5. The van der Waals surface area contributed by atoms with E-state index in [0.29, 0.717) is 49.6 Å². The van der Waals surface area contributed by atoms with Gasteiger partial charge in [0.1, 0.15) is 6.26 Å². The van der Waals surface area contributed by atoms with Gasteiger partial charge in [-0.2, -0.15) is 0 Å². The summed E-state index contributed by atoms with van der Waals surface area (Å²) in [6.45, 7) is 10.2. The van der Waals surface area contributed by atoms with E-state index in [0.717, 1.165) is 31.7 Å². The van der Waals surface area contributed by atoms with Crippen LogP contribution in [-0.2, 0) is 13.1 Å². The van der Waals surface area contributed by atoms with Crippen molar-refractivity contribution in [3.63, 3.8) is 0 Å². The summed E-state index contributed by atoms with van der Waals surface area (Å²) in [6, 6.07) is 6.01. The first kappa shape index (κ1) is 24.5. The first-order chi connectivity index (χ1) is 16.4. The number of nitrogens with zero attached hydrogens (tertiary/aromatic N) is 4. The second-order valence-electron chi connectivity index (χ2n) is 9.26. The average molecular weight is 474 g/mol.